The first-order valence-corrected chi connectivity index (χ1v) is 7.18. The average molecular weight is 264 g/mol. The van der Waals surface area contributed by atoms with Gasteiger partial charge >= 0.3 is 0 Å². The third-order valence-electron chi connectivity index (χ3n) is 4.01. The fraction of sp³-hybridized carbons (Fsp3) is 0.714. The molecule has 1 aliphatic carbocycles. The topological polar surface area (TPSA) is 72.9 Å². The van der Waals surface area contributed by atoms with Gasteiger partial charge in [0.2, 0.25) is 5.91 Å². The molecule has 0 aromatic carbocycles. The van der Waals surface area contributed by atoms with Crippen molar-refractivity contribution in [2.45, 2.75) is 44.6 Å². The minimum Gasteiger partial charge on any atom is -0.355 e. The fourth-order valence-corrected chi connectivity index (χ4v) is 2.75. The largest absolute Gasteiger partial charge is 0.355 e. The van der Waals surface area contributed by atoms with E-state index >= 15 is 0 Å². The van der Waals surface area contributed by atoms with Gasteiger partial charge in [-0.25, -0.2) is 0 Å². The highest BCUT2D eigenvalue weighted by atomic mass is 16.1. The molecule has 1 aromatic rings. The molecule has 0 saturated heterocycles. The molecule has 5 nitrogen and oxygen atoms in total. The Balaban J connectivity index is 1.78. The second kappa shape index (κ2) is 6.70. The maximum absolute atomic E-state index is 12.2. The Morgan fingerprint density at radius 2 is 2.26 bits per heavy atom. The van der Waals surface area contributed by atoms with E-state index in [2.05, 4.69) is 10.4 Å². The zero-order chi connectivity index (χ0) is 13.7. The first-order valence-electron chi connectivity index (χ1n) is 7.18. The number of amides is 1. The van der Waals surface area contributed by atoms with Crippen molar-refractivity contribution in [2.24, 2.45) is 18.7 Å². The van der Waals surface area contributed by atoms with Crippen molar-refractivity contribution in [3.63, 3.8) is 0 Å². The quantitative estimate of drug-likeness (QED) is 0.796. The molecule has 1 aliphatic rings. The normalized spacial score (nSPS) is 23.9. The number of nitrogens with one attached hydrogen (secondary N) is 1. The van der Waals surface area contributed by atoms with Gasteiger partial charge in [0, 0.05) is 37.9 Å². The van der Waals surface area contributed by atoms with Crippen LogP contribution in [0.1, 0.15) is 37.8 Å². The Bertz CT molecular complexity index is 415. The van der Waals surface area contributed by atoms with Gasteiger partial charge in [-0.1, -0.05) is 19.3 Å². The van der Waals surface area contributed by atoms with Crippen LogP contribution in [0.15, 0.2) is 12.3 Å². The van der Waals surface area contributed by atoms with Gasteiger partial charge in [0.1, 0.15) is 0 Å². The van der Waals surface area contributed by atoms with Crippen LogP contribution in [0.3, 0.4) is 0 Å². The van der Waals surface area contributed by atoms with E-state index in [1.807, 2.05) is 17.8 Å². The highest BCUT2D eigenvalue weighted by Gasteiger charge is 2.26. The van der Waals surface area contributed by atoms with Crippen LogP contribution >= 0.6 is 0 Å². The number of hydrogen-bond acceptors (Lipinski definition) is 3. The monoisotopic (exact) mass is 264 g/mol. The third kappa shape index (κ3) is 3.80. The fourth-order valence-electron chi connectivity index (χ4n) is 2.75. The zero-order valence-electron chi connectivity index (χ0n) is 11.6. The maximum atomic E-state index is 12.2. The number of hydrogen-bond donors (Lipinski definition) is 2. The number of carbonyl (C=O) groups excluding carboxylic acids is 1. The van der Waals surface area contributed by atoms with Crippen molar-refractivity contribution >= 4 is 5.91 Å². The molecule has 2 rings (SSSR count). The number of aryl methyl sites for hydroxylation is 1. The smallest absolute Gasteiger partial charge is 0.224 e. The molecule has 5 heteroatoms. The van der Waals surface area contributed by atoms with E-state index < -0.39 is 0 Å². The lowest BCUT2D eigenvalue weighted by molar-refractivity contribution is -0.125. The minimum absolute atomic E-state index is 0.00552. The Morgan fingerprint density at radius 1 is 1.47 bits per heavy atom. The lowest BCUT2D eigenvalue weighted by Crippen LogP contribution is -2.42. The second-order valence-electron chi connectivity index (χ2n) is 5.40. The highest BCUT2D eigenvalue weighted by molar-refractivity contribution is 5.79. The standard InChI is InChI=1S/C14H24N4O/c1-18-11(8-10-17-18)7-9-16-14(19)12-5-3-2-4-6-13(12)15/h8,10,12-13H,2-7,9,15H2,1H3,(H,16,19). The van der Waals surface area contributed by atoms with Crippen LogP contribution in [0.4, 0.5) is 0 Å². The van der Waals surface area contributed by atoms with Crippen LogP contribution in [0.5, 0.6) is 0 Å². The van der Waals surface area contributed by atoms with Crippen LogP contribution in [0.25, 0.3) is 0 Å². The Morgan fingerprint density at radius 3 is 3.00 bits per heavy atom. The van der Waals surface area contributed by atoms with Crippen molar-refractivity contribution in [1.82, 2.24) is 15.1 Å². The summed E-state index contributed by atoms with van der Waals surface area (Å²) in [7, 11) is 1.92. The van der Waals surface area contributed by atoms with Crippen molar-refractivity contribution in [3.05, 3.63) is 18.0 Å². The first kappa shape index (κ1) is 14.1. The summed E-state index contributed by atoms with van der Waals surface area (Å²) in [6.07, 6.45) is 7.96. The van der Waals surface area contributed by atoms with Crippen LogP contribution in [0.2, 0.25) is 0 Å². The predicted octanol–water partition coefficient (Wildman–Crippen LogP) is 0.986. The van der Waals surface area contributed by atoms with E-state index in [0.29, 0.717) is 6.54 Å². The molecule has 1 aromatic heterocycles. The van der Waals surface area contributed by atoms with Gasteiger partial charge in [-0.05, 0) is 18.9 Å². The Hall–Kier alpha value is -1.36. The van der Waals surface area contributed by atoms with Crippen LogP contribution in [-0.4, -0.2) is 28.3 Å². The molecule has 106 valence electrons. The molecule has 0 aliphatic heterocycles. The molecule has 2 atom stereocenters. The Labute approximate surface area is 114 Å². The molecule has 1 fully saturated rings. The summed E-state index contributed by atoms with van der Waals surface area (Å²) in [6, 6.07) is 2.00. The van der Waals surface area contributed by atoms with E-state index in [9.17, 15) is 4.79 Å². The van der Waals surface area contributed by atoms with Gasteiger partial charge in [0.05, 0.1) is 5.92 Å². The SMILES string of the molecule is Cn1nccc1CCNC(=O)C1CCCCCC1N. The summed E-state index contributed by atoms with van der Waals surface area (Å²) in [4.78, 5) is 12.2. The molecular weight excluding hydrogens is 240 g/mol. The first-order chi connectivity index (χ1) is 9.18. The molecular formula is C14H24N4O. The van der Waals surface area contributed by atoms with E-state index in [1.54, 1.807) is 6.20 Å². The minimum atomic E-state index is -0.00552. The van der Waals surface area contributed by atoms with Crippen molar-refractivity contribution in [1.29, 1.82) is 0 Å². The van der Waals surface area contributed by atoms with Crippen LogP contribution < -0.4 is 11.1 Å². The molecule has 1 saturated carbocycles. The third-order valence-corrected chi connectivity index (χ3v) is 4.01. The summed E-state index contributed by atoms with van der Waals surface area (Å²) in [6.45, 7) is 0.654. The van der Waals surface area contributed by atoms with Gasteiger partial charge in [0.25, 0.3) is 0 Å². The van der Waals surface area contributed by atoms with E-state index in [-0.39, 0.29) is 17.9 Å². The molecule has 19 heavy (non-hydrogen) atoms. The number of carbonyl (C=O) groups is 1. The van der Waals surface area contributed by atoms with Crippen molar-refractivity contribution in [3.8, 4) is 0 Å². The molecule has 1 heterocycles. The molecule has 1 amide bonds. The van der Waals surface area contributed by atoms with Gasteiger partial charge in [-0.15, -0.1) is 0 Å². The van der Waals surface area contributed by atoms with Crippen LogP contribution in [0, 0.1) is 5.92 Å². The lowest BCUT2D eigenvalue weighted by Gasteiger charge is -2.20. The number of nitrogens with zero attached hydrogens (tertiary/aromatic N) is 2. The van der Waals surface area contributed by atoms with Gasteiger partial charge in [-0.3, -0.25) is 9.48 Å². The molecule has 2 unspecified atom stereocenters. The Kier molecular flexibility index (Phi) is 4.96. The predicted molar refractivity (Wildman–Crippen MR) is 74.5 cm³/mol. The number of nitrogens with two attached hydrogens (primary N) is 1. The molecule has 0 radical (unpaired) electrons. The summed E-state index contributed by atoms with van der Waals surface area (Å²) in [5.74, 6) is 0.116. The van der Waals surface area contributed by atoms with Crippen molar-refractivity contribution in [2.75, 3.05) is 6.54 Å². The summed E-state index contributed by atoms with van der Waals surface area (Å²) in [5.41, 5.74) is 7.23. The van der Waals surface area contributed by atoms with E-state index in [0.717, 1.165) is 37.8 Å². The molecule has 0 spiro atoms. The number of rotatable bonds is 4. The van der Waals surface area contributed by atoms with E-state index in [1.165, 1.54) is 6.42 Å². The van der Waals surface area contributed by atoms with Gasteiger partial charge in [-0.2, -0.15) is 5.10 Å². The summed E-state index contributed by atoms with van der Waals surface area (Å²) < 4.78 is 1.84. The molecule has 3 N–H and O–H groups in total. The number of aromatic nitrogens is 2. The van der Waals surface area contributed by atoms with Crippen LogP contribution in [-0.2, 0) is 18.3 Å². The maximum Gasteiger partial charge on any atom is 0.224 e. The zero-order valence-corrected chi connectivity index (χ0v) is 11.6. The van der Waals surface area contributed by atoms with Crippen molar-refractivity contribution < 1.29 is 4.79 Å². The van der Waals surface area contributed by atoms with Gasteiger partial charge < -0.3 is 11.1 Å². The summed E-state index contributed by atoms with van der Waals surface area (Å²) in [5, 5.41) is 7.13. The summed E-state index contributed by atoms with van der Waals surface area (Å²) >= 11 is 0. The van der Waals surface area contributed by atoms with Gasteiger partial charge in [0.15, 0.2) is 0 Å². The highest BCUT2D eigenvalue weighted by Crippen LogP contribution is 2.22. The average Bonchev–Trinajstić information content (AvgIpc) is 2.67. The molecule has 0 bridgehead atoms. The lowest BCUT2D eigenvalue weighted by atomic mass is 9.94. The second-order valence-corrected chi connectivity index (χ2v) is 5.40. The van der Waals surface area contributed by atoms with E-state index in [4.69, 9.17) is 5.73 Å².